The van der Waals surface area contributed by atoms with Gasteiger partial charge < -0.3 is 0 Å². The van der Waals surface area contributed by atoms with Crippen LogP contribution in [-0.2, 0) is 10.0 Å². The number of sulfonamides is 1. The Kier molecular flexibility index (Phi) is 3.87. The molecule has 0 radical (unpaired) electrons. The highest BCUT2D eigenvalue weighted by molar-refractivity contribution is 7.89. The second kappa shape index (κ2) is 5.49. The van der Waals surface area contributed by atoms with Crippen molar-refractivity contribution in [2.45, 2.75) is 43.9 Å². The van der Waals surface area contributed by atoms with Crippen LogP contribution in [0.15, 0.2) is 29.2 Å². The van der Waals surface area contributed by atoms with Gasteiger partial charge in [0.1, 0.15) is 0 Å². The fourth-order valence-corrected chi connectivity index (χ4v) is 5.16. The van der Waals surface area contributed by atoms with Gasteiger partial charge in [-0.15, -0.1) is 0 Å². The molecule has 3 nitrogen and oxygen atoms in total. The number of aryl methyl sites for hydroxylation is 1. The van der Waals surface area contributed by atoms with Gasteiger partial charge in [0.25, 0.3) is 0 Å². The Balaban J connectivity index is 1.79. The van der Waals surface area contributed by atoms with E-state index in [9.17, 15) is 8.42 Å². The van der Waals surface area contributed by atoms with Gasteiger partial charge in [-0.25, -0.2) is 8.42 Å². The van der Waals surface area contributed by atoms with Crippen LogP contribution in [0.5, 0.6) is 0 Å². The second-order valence-electron chi connectivity index (χ2n) is 6.27. The van der Waals surface area contributed by atoms with Crippen LogP contribution < -0.4 is 0 Å². The van der Waals surface area contributed by atoms with Crippen LogP contribution in [0.1, 0.15) is 37.7 Å². The zero-order valence-corrected chi connectivity index (χ0v) is 12.9. The Morgan fingerprint density at radius 1 is 1.00 bits per heavy atom. The Bertz CT molecular complexity index is 565. The molecule has 1 saturated heterocycles. The van der Waals surface area contributed by atoms with Crippen LogP contribution in [0.2, 0.25) is 0 Å². The summed E-state index contributed by atoms with van der Waals surface area (Å²) in [6, 6.07) is 7.22. The van der Waals surface area contributed by atoms with Crippen LogP contribution in [-0.4, -0.2) is 25.8 Å². The minimum absolute atomic E-state index is 0.442. The molecule has 1 aliphatic carbocycles. The lowest BCUT2D eigenvalue weighted by molar-refractivity contribution is 0.136. The summed E-state index contributed by atoms with van der Waals surface area (Å²) in [6.45, 7) is 3.39. The average Bonchev–Trinajstić information content (AvgIpc) is 2.47. The first-order chi connectivity index (χ1) is 9.57. The van der Waals surface area contributed by atoms with E-state index in [1.807, 2.05) is 19.1 Å². The molecule has 1 heterocycles. The van der Waals surface area contributed by atoms with Gasteiger partial charge >= 0.3 is 0 Å². The summed E-state index contributed by atoms with van der Waals surface area (Å²) in [7, 11) is -3.30. The quantitative estimate of drug-likeness (QED) is 0.839. The first kappa shape index (κ1) is 14.1. The molecular weight excluding hydrogens is 270 g/mol. The van der Waals surface area contributed by atoms with E-state index >= 15 is 0 Å². The Morgan fingerprint density at radius 3 is 2.35 bits per heavy atom. The predicted octanol–water partition coefficient (Wildman–Crippen LogP) is 3.20. The largest absolute Gasteiger partial charge is 0.243 e. The molecule has 1 aromatic rings. The third-order valence-electron chi connectivity index (χ3n) is 4.91. The molecule has 3 rings (SSSR count). The van der Waals surface area contributed by atoms with Gasteiger partial charge in [-0.3, -0.25) is 0 Å². The normalized spacial score (nSPS) is 28.1. The number of rotatable bonds is 2. The van der Waals surface area contributed by atoms with Crippen molar-refractivity contribution in [1.29, 1.82) is 0 Å². The van der Waals surface area contributed by atoms with E-state index in [1.165, 1.54) is 25.7 Å². The third-order valence-corrected chi connectivity index (χ3v) is 6.79. The van der Waals surface area contributed by atoms with Gasteiger partial charge in [0.2, 0.25) is 10.0 Å². The van der Waals surface area contributed by atoms with E-state index in [2.05, 4.69) is 0 Å². The average molecular weight is 293 g/mol. The zero-order chi connectivity index (χ0) is 14.2. The molecule has 0 aromatic heterocycles. The molecule has 1 aromatic carbocycles. The maximum absolute atomic E-state index is 12.7. The molecule has 0 spiro atoms. The van der Waals surface area contributed by atoms with E-state index in [0.717, 1.165) is 24.4 Å². The maximum atomic E-state index is 12.7. The molecule has 2 fully saturated rings. The van der Waals surface area contributed by atoms with Crippen molar-refractivity contribution < 1.29 is 8.42 Å². The van der Waals surface area contributed by atoms with Crippen LogP contribution in [0.3, 0.4) is 0 Å². The Morgan fingerprint density at radius 2 is 1.65 bits per heavy atom. The molecule has 0 amide bonds. The first-order valence-electron chi connectivity index (χ1n) is 7.64. The monoisotopic (exact) mass is 293 g/mol. The number of fused-ring (bicyclic) bond motifs is 1. The summed E-state index contributed by atoms with van der Waals surface area (Å²) in [4.78, 5) is 0.442. The SMILES string of the molecule is Cc1ccc(S(=O)(=O)N2CCC3CCCCC3C2)cc1. The Hall–Kier alpha value is -0.870. The fraction of sp³-hybridized carbons (Fsp3) is 0.625. The molecule has 4 heteroatoms. The van der Waals surface area contributed by atoms with Crippen molar-refractivity contribution in [3.63, 3.8) is 0 Å². The maximum Gasteiger partial charge on any atom is 0.243 e. The van der Waals surface area contributed by atoms with Crippen molar-refractivity contribution >= 4 is 10.0 Å². The molecule has 0 N–H and O–H groups in total. The van der Waals surface area contributed by atoms with Crippen molar-refractivity contribution in [3.8, 4) is 0 Å². The standard InChI is InChI=1S/C16H23NO2S/c1-13-6-8-16(9-7-13)20(18,19)17-11-10-14-4-2-3-5-15(14)12-17/h6-9,14-15H,2-5,10-12H2,1H3. The summed E-state index contributed by atoms with van der Waals surface area (Å²) in [5, 5.41) is 0. The molecule has 110 valence electrons. The van der Waals surface area contributed by atoms with Gasteiger partial charge in [0, 0.05) is 13.1 Å². The molecular formula is C16H23NO2S. The third kappa shape index (κ3) is 2.63. The predicted molar refractivity (Wildman–Crippen MR) is 80.0 cm³/mol. The highest BCUT2D eigenvalue weighted by Crippen LogP contribution is 2.37. The van der Waals surface area contributed by atoms with E-state index in [-0.39, 0.29) is 0 Å². The van der Waals surface area contributed by atoms with Crippen molar-refractivity contribution in [2.75, 3.05) is 13.1 Å². The summed E-state index contributed by atoms with van der Waals surface area (Å²) >= 11 is 0. The minimum atomic E-state index is -3.30. The van der Waals surface area contributed by atoms with Crippen LogP contribution in [0.25, 0.3) is 0 Å². The summed E-state index contributed by atoms with van der Waals surface area (Å²) in [6.07, 6.45) is 6.12. The number of hydrogen-bond acceptors (Lipinski definition) is 2. The van der Waals surface area contributed by atoms with Gasteiger partial charge in [0.15, 0.2) is 0 Å². The fourth-order valence-electron chi connectivity index (χ4n) is 3.65. The van der Waals surface area contributed by atoms with Crippen molar-refractivity contribution in [3.05, 3.63) is 29.8 Å². The topological polar surface area (TPSA) is 37.4 Å². The molecule has 1 saturated carbocycles. The molecule has 20 heavy (non-hydrogen) atoms. The van der Waals surface area contributed by atoms with Gasteiger partial charge in [0.05, 0.1) is 4.90 Å². The number of hydrogen-bond donors (Lipinski definition) is 0. The first-order valence-corrected chi connectivity index (χ1v) is 9.08. The van der Waals surface area contributed by atoms with E-state index in [0.29, 0.717) is 17.4 Å². The van der Waals surface area contributed by atoms with E-state index in [1.54, 1.807) is 16.4 Å². The molecule has 2 atom stereocenters. The van der Waals surface area contributed by atoms with Crippen LogP contribution in [0.4, 0.5) is 0 Å². The summed E-state index contributed by atoms with van der Waals surface area (Å²) in [5.74, 6) is 1.34. The minimum Gasteiger partial charge on any atom is -0.207 e. The highest BCUT2D eigenvalue weighted by atomic mass is 32.2. The molecule has 0 bridgehead atoms. The second-order valence-corrected chi connectivity index (χ2v) is 8.21. The number of nitrogens with zero attached hydrogens (tertiary/aromatic N) is 1. The lowest BCUT2D eigenvalue weighted by Crippen LogP contribution is -2.44. The smallest absolute Gasteiger partial charge is 0.207 e. The molecule has 2 unspecified atom stereocenters. The number of benzene rings is 1. The van der Waals surface area contributed by atoms with E-state index in [4.69, 9.17) is 0 Å². The molecule has 1 aliphatic heterocycles. The molecule has 2 aliphatic rings. The van der Waals surface area contributed by atoms with E-state index < -0.39 is 10.0 Å². The van der Waals surface area contributed by atoms with Crippen molar-refractivity contribution in [2.24, 2.45) is 11.8 Å². The van der Waals surface area contributed by atoms with Gasteiger partial charge in [-0.1, -0.05) is 37.0 Å². The zero-order valence-electron chi connectivity index (χ0n) is 12.1. The lowest BCUT2D eigenvalue weighted by atomic mass is 9.76. The summed E-state index contributed by atoms with van der Waals surface area (Å²) < 4.78 is 27.1. The summed E-state index contributed by atoms with van der Waals surface area (Å²) in [5.41, 5.74) is 1.09. The Labute approximate surface area is 122 Å². The van der Waals surface area contributed by atoms with Crippen LogP contribution >= 0.6 is 0 Å². The lowest BCUT2D eigenvalue weighted by Gasteiger charge is -2.40. The highest BCUT2D eigenvalue weighted by Gasteiger charge is 2.36. The van der Waals surface area contributed by atoms with Crippen LogP contribution in [0, 0.1) is 18.8 Å². The van der Waals surface area contributed by atoms with Gasteiger partial charge in [-0.05, 0) is 43.7 Å². The number of piperidine rings is 1. The van der Waals surface area contributed by atoms with Gasteiger partial charge in [-0.2, -0.15) is 4.31 Å². The van der Waals surface area contributed by atoms with Crippen molar-refractivity contribution in [1.82, 2.24) is 4.31 Å².